The summed E-state index contributed by atoms with van der Waals surface area (Å²) in [4.78, 5) is 18.3. The molecule has 198 valence electrons. The van der Waals surface area contributed by atoms with Crippen LogP contribution in [0.1, 0.15) is 32.6 Å². The molecule has 1 aliphatic heterocycles. The molecule has 0 spiro atoms. The van der Waals surface area contributed by atoms with Crippen molar-refractivity contribution < 1.29 is 26.9 Å². The molecular weight excluding hydrogens is 514 g/mol. The van der Waals surface area contributed by atoms with Crippen LogP contribution in [-0.2, 0) is 23.1 Å². The first-order valence-corrected chi connectivity index (χ1v) is 13.8. The molecule has 0 fully saturated rings. The van der Waals surface area contributed by atoms with E-state index in [1.54, 1.807) is 30.3 Å². The van der Waals surface area contributed by atoms with Crippen LogP contribution < -0.4 is 13.7 Å². The number of para-hydroxylation sites is 1. The zero-order valence-corrected chi connectivity index (χ0v) is 22.4. The maximum Gasteiger partial charge on any atom is 0.339 e. The summed E-state index contributed by atoms with van der Waals surface area (Å²) in [6, 6.07) is 26.0. The number of aryl methyl sites for hydroxylation is 1. The highest BCUT2D eigenvalue weighted by molar-refractivity contribution is 7.87. The minimum absolute atomic E-state index is 0.00322. The molecule has 1 heterocycles. The first-order valence-electron chi connectivity index (χ1n) is 12.4. The van der Waals surface area contributed by atoms with Gasteiger partial charge in [0.25, 0.3) is 0 Å². The van der Waals surface area contributed by atoms with E-state index in [0.29, 0.717) is 36.6 Å². The van der Waals surface area contributed by atoms with E-state index in [1.165, 1.54) is 31.4 Å². The Balaban J connectivity index is 1.44. The normalized spacial score (nSPS) is 12.7. The Morgan fingerprint density at radius 3 is 2.33 bits per heavy atom. The molecule has 0 aromatic heterocycles. The Morgan fingerprint density at radius 2 is 1.59 bits per heavy atom. The highest BCUT2D eigenvalue weighted by Crippen LogP contribution is 2.35. The van der Waals surface area contributed by atoms with E-state index >= 15 is 0 Å². The minimum atomic E-state index is -4.15. The van der Waals surface area contributed by atoms with Gasteiger partial charge in [0.2, 0.25) is 5.78 Å². The number of rotatable bonds is 9. The fourth-order valence-corrected chi connectivity index (χ4v) is 5.28. The first-order chi connectivity index (χ1) is 18.9. The lowest BCUT2D eigenvalue weighted by molar-refractivity contribution is 0.106. The molecule has 0 N–H and O–H groups in total. The number of Topliss-reactive ketones (excluding diaryl/α,β-unsaturated/α-hetero) is 1. The lowest BCUT2D eigenvalue weighted by Gasteiger charge is -2.20. The molecule has 0 saturated heterocycles. The average molecular weight is 542 g/mol. The summed E-state index contributed by atoms with van der Waals surface area (Å²) in [7, 11) is -2.61. The number of aliphatic imine (C=N–C) groups is 1. The Kier molecular flexibility index (Phi) is 7.47. The van der Waals surface area contributed by atoms with Crippen molar-refractivity contribution in [2.45, 2.75) is 24.8 Å². The van der Waals surface area contributed by atoms with Crippen molar-refractivity contribution in [3.8, 4) is 17.2 Å². The molecule has 0 amide bonds. The maximum absolute atomic E-state index is 13.8. The summed E-state index contributed by atoms with van der Waals surface area (Å²) in [5.41, 5.74) is 3.76. The van der Waals surface area contributed by atoms with E-state index < -0.39 is 15.9 Å². The molecule has 39 heavy (non-hydrogen) atoms. The molecule has 0 unspecified atom stereocenters. The van der Waals surface area contributed by atoms with Gasteiger partial charge >= 0.3 is 10.1 Å². The number of nitrogens with zero attached hydrogens (tertiary/aromatic N) is 1. The van der Waals surface area contributed by atoms with Crippen molar-refractivity contribution in [1.82, 2.24) is 0 Å². The van der Waals surface area contributed by atoms with Crippen LogP contribution in [0.25, 0.3) is 0 Å². The molecule has 4 aromatic rings. The summed E-state index contributed by atoms with van der Waals surface area (Å²) in [6.45, 7) is 2.64. The Labute approximate surface area is 227 Å². The van der Waals surface area contributed by atoms with Gasteiger partial charge in [-0.05, 0) is 60.9 Å². The number of carbonyl (C=O) groups excluding carboxylic acids is 1. The Hall–Kier alpha value is -4.43. The molecule has 5 rings (SSSR count). The Morgan fingerprint density at radius 1 is 0.872 bits per heavy atom. The number of ketones is 1. The summed E-state index contributed by atoms with van der Waals surface area (Å²) < 4.78 is 43.0. The maximum atomic E-state index is 13.8. The smallest absolute Gasteiger partial charge is 0.339 e. The standard InChI is InChI=1S/C31H27NO6S/c1-21-12-14-24(15-13-21)39(34,35)38-27-11-7-6-10-25(27)31(33)30-26-19-28(36-2)29(18-23(26)16-17-32-30)37-20-22-8-4-3-5-9-22/h3-15,18-19H,16-17,20H2,1-2H3. The topological polar surface area (TPSA) is 91.3 Å². The molecule has 0 saturated carbocycles. The quantitative estimate of drug-likeness (QED) is 0.203. The predicted octanol–water partition coefficient (Wildman–Crippen LogP) is 5.58. The van der Waals surface area contributed by atoms with Gasteiger partial charge in [-0.15, -0.1) is 0 Å². The van der Waals surface area contributed by atoms with Gasteiger partial charge in [0, 0.05) is 12.1 Å². The van der Waals surface area contributed by atoms with E-state index in [1.807, 2.05) is 43.3 Å². The number of hydrogen-bond donors (Lipinski definition) is 0. The zero-order chi connectivity index (χ0) is 27.4. The molecule has 0 atom stereocenters. The monoisotopic (exact) mass is 541 g/mol. The van der Waals surface area contributed by atoms with Gasteiger partial charge in [-0.3, -0.25) is 9.79 Å². The minimum Gasteiger partial charge on any atom is -0.493 e. The van der Waals surface area contributed by atoms with Gasteiger partial charge in [-0.1, -0.05) is 60.2 Å². The van der Waals surface area contributed by atoms with Crippen LogP contribution in [0.2, 0.25) is 0 Å². The van der Waals surface area contributed by atoms with Gasteiger partial charge in [0.15, 0.2) is 17.2 Å². The molecule has 0 aliphatic carbocycles. The van der Waals surface area contributed by atoms with Crippen LogP contribution in [0.3, 0.4) is 0 Å². The fraction of sp³-hybridized carbons (Fsp3) is 0.161. The third-order valence-electron chi connectivity index (χ3n) is 6.39. The van der Waals surface area contributed by atoms with Crippen LogP contribution in [0.15, 0.2) is 101 Å². The second-order valence-corrected chi connectivity index (χ2v) is 10.6. The van der Waals surface area contributed by atoms with Crippen molar-refractivity contribution >= 4 is 21.6 Å². The third-order valence-corrected chi connectivity index (χ3v) is 7.64. The number of fused-ring (bicyclic) bond motifs is 1. The third kappa shape index (κ3) is 5.71. The average Bonchev–Trinajstić information content (AvgIpc) is 2.95. The second kappa shape index (κ2) is 11.1. The van der Waals surface area contributed by atoms with Crippen molar-refractivity contribution in [1.29, 1.82) is 0 Å². The lowest BCUT2D eigenvalue weighted by atomic mass is 9.92. The van der Waals surface area contributed by atoms with Crippen molar-refractivity contribution in [3.05, 3.63) is 119 Å². The van der Waals surface area contributed by atoms with Crippen LogP contribution >= 0.6 is 0 Å². The van der Waals surface area contributed by atoms with Crippen LogP contribution in [-0.4, -0.2) is 33.6 Å². The predicted molar refractivity (Wildman–Crippen MR) is 149 cm³/mol. The van der Waals surface area contributed by atoms with E-state index in [4.69, 9.17) is 13.7 Å². The van der Waals surface area contributed by atoms with Gasteiger partial charge < -0.3 is 13.7 Å². The molecular formula is C31H27NO6S. The van der Waals surface area contributed by atoms with Gasteiger partial charge in [-0.2, -0.15) is 8.42 Å². The molecule has 0 bridgehead atoms. The van der Waals surface area contributed by atoms with E-state index in [-0.39, 0.29) is 21.9 Å². The summed E-state index contributed by atoms with van der Waals surface area (Å²) >= 11 is 0. The van der Waals surface area contributed by atoms with Crippen molar-refractivity contribution in [2.75, 3.05) is 13.7 Å². The number of ether oxygens (including phenoxy) is 2. The summed E-state index contributed by atoms with van der Waals surface area (Å²) in [6.07, 6.45) is 0.623. The van der Waals surface area contributed by atoms with E-state index in [9.17, 15) is 13.2 Å². The summed E-state index contributed by atoms with van der Waals surface area (Å²) in [5.74, 6) is 0.540. The van der Waals surface area contributed by atoms with Gasteiger partial charge in [0.05, 0.1) is 12.7 Å². The molecule has 0 radical (unpaired) electrons. The largest absolute Gasteiger partial charge is 0.493 e. The number of carbonyl (C=O) groups is 1. The van der Waals surface area contributed by atoms with Crippen LogP contribution in [0.5, 0.6) is 17.2 Å². The number of benzene rings is 4. The first kappa shape index (κ1) is 26.2. The van der Waals surface area contributed by atoms with Crippen molar-refractivity contribution in [3.63, 3.8) is 0 Å². The van der Waals surface area contributed by atoms with E-state index in [2.05, 4.69) is 4.99 Å². The van der Waals surface area contributed by atoms with Crippen LogP contribution in [0, 0.1) is 6.92 Å². The number of methoxy groups -OCH3 is 1. The molecule has 7 nitrogen and oxygen atoms in total. The Bertz CT molecular complexity index is 1640. The van der Waals surface area contributed by atoms with Crippen LogP contribution in [0.4, 0.5) is 0 Å². The van der Waals surface area contributed by atoms with E-state index in [0.717, 1.165) is 16.7 Å². The number of hydrogen-bond acceptors (Lipinski definition) is 7. The second-order valence-electron chi connectivity index (χ2n) is 9.09. The molecule has 4 aromatic carbocycles. The highest BCUT2D eigenvalue weighted by Gasteiger charge is 2.28. The lowest BCUT2D eigenvalue weighted by Crippen LogP contribution is -2.23. The SMILES string of the molecule is COc1cc2c(cc1OCc1ccccc1)CCN=C2C(=O)c1ccccc1OS(=O)(=O)c1ccc(C)cc1. The fourth-order valence-electron chi connectivity index (χ4n) is 4.33. The molecule has 1 aliphatic rings. The van der Waals surface area contributed by atoms with Crippen molar-refractivity contribution in [2.24, 2.45) is 4.99 Å². The molecule has 8 heteroatoms. The highest BCUT2D eigenvalue weighted by atomic mass is 32.2. The van der Waals surface area contributed by atoms with Gasteiger partial charge in [-0.25, -0.2) is 0 Å². The zero-order valence-electron chi connectivity index (χ0n) is 21.6. The van der Waals surface area contributed by atoms with Gasteiger partial charge in [0.1, 0.15) is 17.2 Å². The summed E-state index contributed by atoms with van der Waals surface area (Å²) in [5, 5.41) is 0.